The number of fused-ring (bicyclic) bond motifs is 2. The van der Waals surface area contributed by atoms with Crippen LogP contribution in [-0.2, 0) is 32.6 Å². The van der Waals surface area contributed by atoms with Gasteiger partial charge in [0.15, 0.2) is 5.82 Å². The van der Waals surface area contributed by atoms with Gasteiger partial charge < -0.3 is 23.7 Å². The van der Waals surface area contributed by atoms with Crippen molar-refractivity contribution >= 4 is 44.2 Å². The standard InChI is InChI=1S/C31H38N6O6S/c1-31(2,3)42-30(39)36-17-25(26(18-36)43-44(6,40)41)35(5)29(38)21-11-12-23-22(14-21)33-28(34(23)4)24-15-20-8-7-13-32-27(20)37(24)16-19-9-10-19/h7-8,11-15,19,25-26H,9-10,16-18H2,1-6H3/t25-,26+/m0/s1. The van der Waals surface area contributed by atoms with Crippen LogP contribution in [0.15, 0.2) is 42.6 Å². The molecule has 0 spiro atoms. The number of carbonyl (C=O) groups excluding carboxylic acids is 2. The normalized spacial score (nSPS) is 19.2. The van der Waals surface area contributed by atoms with E-state index in [0.29, 0.717) is 17.0 Å². The number of pyridine rings is 1. The lowest BCUT2D eigenvalue weighted by Gasteiger charge is -2.28. The fourth-order valence-electron chi connectivity index (χ4n) is 5.86. The van der Waals surface area contributed by atoms with Gasteiger partial charge in [-0.15, -0.1) is 0 Å². The first-order chi connectivity index (χ1) is 20.7. The van der Waals surface area contributed by atoms with Gasteiger partial charge in [0, 0.05) is 44.3 Å². The molecule has 6 rings (SSSR count). The number of hydrogen-bond donors (Lipinski definition) is 0. The lowest BCUT2D eigenvalue weighted by atomic mass is 10.1. The van der Waals surface area contributed by atoms with Crippen LogP contribution >= 0.6 is 0 Å². The Kier molecular flexibility index (Phi) is 7.44. The SMILES string of the molecule is CN(C(=O)c1ccc2c(c1)nc(-c1cc3cccnc3n1CC1CC1)n2C)[C@H]1CN(C(=O)OC(C)(C)C)C[C@H]1OS(C)(=O)=O. The van der Waals surface area contributed by atoms with Crippen molar-refractivity contribution in [1.29, 1.82) is 0 Å². The topological polar surface area (TPSA) is 129 Å². The van der Waals surface area contributed by atoms with E-state index in [2.05, 4.69) is 21.7 Å². The maximum atomic E-state index is 13.8. The number of amides is 2. The van der Waals surface area contributed by atoms with E-state index in [1.165, 1.54) is 22.6 Å². The van der Waals surface area contributed by atoms with Crippen molar-refractivity contribution in [3.05, 3.63) is 48.2 Å². The van der Waals surface area contributed by atoms with Crippen LogP contribution in [0.4, 0.5) is 4.79 Å². The molecule has 0 bridgehead atoms. The predicted molar refractivity (Wildman–Crippen MR) is 166 cm³/mol. The molecule has 44 heavy (non-hydrogen) atoms. The van der Waals surface area contributed by atoms with E-state index in [1.54, 1.807) is 46.1 Å². The summed E-state index contributed by atoms with van der Waals surface area (Å²) in [5.74, 6) is 1.07. The summed E-state index contributed by atoms with van der Waals surface area (Å²) in [7, 11) is -0.314. The quantitative estimate of drug-likeness (QED) is 0.283. The first kappa shape index (κ1) is 30.1. The Morgan fingerprint density at radius 1 is 1.11 bits per heavy atom. The Hall–Kier alpha value is -3.97. The van der Waals surface area contributed by atoms with E-state index in [4.69, 9.17) is 13.9 Å². The Labute approximate surface area is 256 Å². The Balaban J connectivity index is 1.30. The molecule has 2 fully saturated rings. The zero-order chi connectivity index (χ0) is 31.6. The van der Waals surface area contributed by atoms with Crippen LogP contribution in [0.3, 0.4) is 0 Å². The summed E-state index contributed by atoms with van der Waals surface area (Å²) >= 11 is 0. The molecule has 1 aliphatic carbocycles. The zero-order valence-electron chi connectivity index (χ0n) is 25.9. The van der Waals surface area contributed by atoms with Gasteiger partial charge in [0.2, 0.25) is 0 Å². The van der Waals surface area contributed by atoms with Gasteiger partial charge in [-0.25, -0.2) is 14.8 Å². The van der Waals surface area contributed by atoms with Gasteiger partial charge >= 0.3 is 6.09 Å². The van der Waals surface area contributed by atoms with Crippen molar-refractivity contribution in [3.8, 4) is 11.5 Å². The second-order valence-electron chi connectivity index (χ2n) is 12.9. The molecular formula is C31H38N6O6S. The van der Waals surface area contributed by atoms with Gasteiger partial charge in [-0.1, -0.05) is 0 Å². The lowest BCUT2D eigenvalue weighted by Crippen LogP contribution is -2.46. The average molecular weight is 623 g/mol. The first-order valence-electron chi connectivity index (χ1n) is 14.7. The van der Waals surface area contributed by atoms with E-state index in [-0.39, 0.29) is 19.0 Å². The third-order valence-electron chi connectivity index (χ3n) is 8.15. The highest BCUT2D eigenvalue weighted by molar-refractivity contribution is 7.86. The third-order valence-corrected chi connectivity index (χ3v) is 8.75. The Bertz CT molecular complexity index is 1870. The predicted octanol–water partition coefficient (Wildman–Crippen LogP) is 4.04. The number of imidazole rings is 1. The fourth-order valence-corrected chi connectivity index (χ4v) is 6.49. The Morgan fingerprint density at radius 2 is 1.86 bits per heavy atom. The molecule has 12 nitrogen and oxygen atoms in total. The molecule has 4 aromatic rings. The number of aromatic nitrogens is 4. The molecular weight excluding hydrogens is 584 g/mol. The molecule has 234 valence electrons. The molecule has 0 unspecified atom stereocenters. The molecule has 1 saturated carbocycles. The van der Waals surface area contributed by atoms with Crippen molar-refractivity contribution in [2.75, 3.05) is 26.4 Å². The molecule has 2 atom stereocenters. The third kappa shape index (κ3) is 6.03. The highest BCUT2D eigenvalue weighted by Crippen LogP contribution is 2.36. The van der Waals surface area contributed by atoms with Crippen LogP contribution in [0, 0.1) is 5.92 Å². The summed E-state index contributed by atoms with van der Waals surface area (Å²) in [4.78, 5) is 39.0. The number of nitrogens with zero attached hydrogens (tertiary/aromatic N) is 6. The van der Waals surface area contributed by atoms with Crippen molar-refractivity contribution < 1.29 is 26.9 Å². The van der Waals surface area contributed by atoms with Crippen LogP contribution in [0.1, 0.15) is 44.0 Å². The molecule has 1 aliphatic heterocycles. The van der Waals surface area contributed by atoms with Crippen LogP contribution in [-0.4, -0.2) is 93.5 Å². The van der Waals surface area contributed by atoms with Crippen LogP contribution in [0.5, 0.6) is 0 Å². The van der Waals surface area contributed by atoms with Crippen LogP contribution in [0.2, 0.25) is 0 Å². The lowest BCUT2D eigenvalue weighted by molar-refractivity contribution is 0.0272. The Morgan fingerprint density at radius 3 is 2.55 bits per heavy atom. The largest absolute Gasteiger partial charge is 0.444 e. The second kappa shape index (κ2) is 10.9. The summed E-state index contributed by atoms with van der Waals surface area (Å²) in [5, 5.41) is 1.05. The number of likely N-dealkylation sites (N-methyl/N-ethyl adjacent to an activating group) is 1. The van der Waals surface area contributed by atoms with E-state index >= 15 is 0 Å². The average Bonchev–Trinajstić information content (AvgIpc) is 3.42. The van der Waals surface area contributed by atoms with Crippen molar-refractivity contribution in [3.63, 3.8) is 0 Å². The minimum Gasteiger partial charge on any atom is -0.444 e. The number of ether oxygens (including phenoxy) is 1. The van der Waals surface area contributed by atoms with Crippen LogP contribution in [0.25, 0.3) is 33.6 Å². The molecule has 1 aromatic carbocycles. The van der Waals surface area contributed by atoms with Gasteiger partial charge in [0.05, 0.1) is 35.6 Å². The van der Waals surface area contributed by atoms with Gasteiger partial charge in [0.25, 0.3) is 16.0 Å². The molecule has 0 radical (unpaired) electrons. The highest BCUT2D eigenvalue weighted by atomic mass is 32.2. The van der Waals surface area contributed by atoms with Gasteiger partial charge in [-0.3, -0.25) is 8.98 Å². The summed E-state index contributed by atoms with van der Waals surface area (Å²) in [6.45, 7) is 6.17. The van der Waals surface area contributed by atoms with E-state index in [1.807, 2.05) is 23.7 Å². The van der Waals surface area contributed by atoms with Gasteiger partial charge in [0.1, 0.15) is 17.4 Å². The number of likely N-dealkylation sites (tertiary alicyclic amines) is 1. The number of benzene rings is 1. The monoisotopic (exact) mass is 622 g/mol. The smallest absolute Gasteiger partial charge is 0.410 e. The first-order valence-corrected chi connectivity index (χ1v) is 16.5. The molecule has 4 heterocycles. The fraction of sp³-hybridized carbons (Fsp3) is 0.484. The van der Waals surface area contributed by atoms with Crippen molar-refractivity contribution in [2.24, 2.45) is 13.0 Å². The van der Waals surface area contributed by atoms with E-state index in [9.17, 15) is 18.0 Å². The number of aryl methyl sites for hydroxylation is 1. The maximum absolute atomic E-state index is 13.8. The maximum Gasteiger partial charge on any atom is 0.410 e. The molecule has 2 aliphatic rings. The summed E-state index contributed by atoms with van der Waals surface area (Å²) in [6, 6.07) is 10.7. The number of carbonyl (C=O) groups is 2. The minimum atomic E-state index is -3.86. The second-order valence-corrected chi connectivity index (χ2v) is 14.5. The van der Waals surface area contributed by atoms with Crippen LogP contribution < -0.4 is 0 Å². The number of rotatable bonds is 7. The summed E-state index contributed by atoms with van der Waals surface area (Å²) in [6.07, 6.45) is 3.63. The van der Waals surface area contributed by atoms with E-state index < -0.39 is 34.0 Å². The minimum absolute atomic E-state index is 0.0311. The molecule has 2 amide bonds. The molecule has 0 N–H and O–H groups in total. The van der Waals surface area contributed by atoms with Gasteiger partial charge in [-0.05, 0) is 75.9 Å². The summed E-state index contributed by atoms with van der Waals surface area (Å²) < 4.78 is 39.2. The van der Waals surface area contributed by atoms with Gasteiger partial charge in [-0.2, -0.15) is 8.42 Å². The molecule has 1 saturated heterocycles. The van der Waals surface area contributed by atoms with Crippen molar-refractivity contribution in [1.82, 2.24) is 28.9 Å². The zero-order valence-corrected chi connectivity index (χ0v) is 26.7. The molecule has 3 aromatic heterocycles. The highest BCUT2D eigenvalue weighted by Gasteiger charge is 2.43. The summed E-state index contributed by atoms with van der Waals surface area (Å²) in [5.41, 5.74) is 3.09. The van der Waals surface area contributed by atoms with Crippen molar-refractivity contribution in [2.45, 2.75) is 57.9 Å². The molecule has 13 heteroatoms. The number of hydrogen-bond acceptors (Lipinski definition) is 8. The van der Waals surface area contributed by atoms with E-state index in [0.717, 1.165) is 40.9 Å².